The second kappa shape index (κ2) is 11.4. The third-order valence-electron chi connectivity index (χ3n) is 7.43. The first kappa shape index (κ1) is 25.4. The predicted octanol–water partition coefficient (Wildman–Crippen LogP) is 8.86. The van der Waals surface area contributed by atoms with Crippen LogP contribution in [0.25, 0.3) is 11.1 Å². The van der Waals surface area contributed by atoms with Crippen LogP contribution in [0, 0.1) is 18.3 Å². The maximum atomic E-state index is 12.9. The molecule has 2 aliphatic rings. The molecule has 1 aromatic heterocycles. The maximum Gasteiger partial charge on any atom is 0.0984 e. The number of halogens is 2. The van der Waals surface area contributed by atoms with Crippen LogP contribution in [0.4, 0.5) is 8.78 Å². The number of allylic oxidation sites excluding steroid dienone is 5. The molecule has 0 N–H and O–H groups in total. The Morgan fingerprint density at radius 1 is 1.14 bits per heavy atom. The lowest BCUT2D eigenvalue weighted by molar-refractivity contribution is 0.319. The summed E-state index contributed by atoms with van der Waals surface area (Å²) in [6, 6.07) is 11.2. The van der Waals surface area contributed by atoms with Crippen LogP contribution in [0.3, 0.4) is 0 Å². The molecule has 0 spiro atoms. The molecule has 0 bridgehead atoms. The van der Waals surface area contributed by atoms with Crippen molar-refractivity contribution < 1.29 is 8.78 Å². The van der Waals surface area contributed by atoms with Gasteiger partial charge in [-0.05, 0) is 66.2 Å². The fourth-order valence-electron chi connectivity index (χ4n) is 4.94. The number of nitrogens with zero attached hydrogens (tertiary/aromatic N) is 1. The number of hydrogen-bond donors (Lipinski definition) is 0. The van der Waals surface area contributed by atoms with Gasteiger partial charge in [0.05, 0.1) is 13.3 Å². The van der Waals surface area contributed by atoms with Crippen molar-refractivity contribution >= 4 is 11.1 Å². The van der Waals surface area contributed by atoms with Crippen molar-refractivity contribution in [2.45, 2.75) is 65.2 Å². The van der Waals surface area contributed by atoms with Gasteiger partial charge in [0.2, 0.25) is 0 Å². The Morgan fingerprint density at radius 2 is 1.91 bits per heavy atom. The molecule has 0 radical (unpaired) electrons. The van der Waals surface area contributed by atoms with E-state index in [0.717, 1.165) is 30.0 Å². The Hall–Kier alpha value is -2.68. The highest BCUT2D eigenvalue weighted by atomic mass is 19.1. The number of hydrogen-bond acceptors (Lipinski definition) is 1. The number of alkyl halides is 2. The topological polar surface area (TPSA) is 12.9 Å². The standard InChI is InChI=1S/C32H38F2N/c1-5-29-30-12-11-26(21(2)3)17-27(30)15-25(14-23-8-9-23)16-31(29)32-13-10-24(20-35-32)7-6-22(4)28(18-33)19-34/h7,10-13,16-17,20-21,23,28H,4-6,8-9,14-15,18-19H2,1-3H3/q-1. The molecule has 1 fully saturated rings. The normalized spacial score (nSPS) is 15.8. The van der Waals surface area contributed by atoms with Gasteiger partial charge in [0, 0.05) is 17.2 Å². The molecule has 2 aliphatic carbocycles. The molecule has 0 unspecified atom stereocenters. The number of pyridine rings is 1. The number of rotatable bonds is 11. The predicted molar refractivity (Wildman–Crippen MR) is 144 cm³/mol. The van der Waals surface area contributed by atoms with Gasteiger partial charge in [-0.15, -0.1) is 6.58 Å². The number of aromatic nitrogens is 1. The monoisotopic (exact) mass is 474 g/mol. The van der Waals surface area contributed by atoms with E-state index in [4.69, 9.17) is 4.98 Å². The van der Waals surface area contributed by atoms with E-state index >= 15 is 0 Å². The smallest absolute Gasteiger partial charge is 0.0984 e. The first-order valence-corrected chi connectivity index (χ1v) is 13.1. The van der Waals surface area contributed by atoms with Crippen molar-refractivity contribution in [1.82, 2.24) is 4.98 Å². The SMILES string of the molecule is C=C(C[CH-]c1ccc(C2=C(CC)c3ccc(C(C)C)cc3CC(CC3CC3)=C2)nc1)C(CF)CF. The Balaban J connectivity index is 1.65. The highest BCUT2D eigenvalue weighted by Crippen LogP contribution is 2.42. The Bertz CT molecular complexity index is 1100. The van der Waals surface area contributed by atoms with E-state index in [0.29, 0.717) is 17.9 Å². The van der Waals surface area contributed by atoms with Crippen molar-refractivity contribution in [1.29, 1.82) is 0 Å². The zero-order valence-electron chi connectivity index (χ0n) is 21.4. The quantitative estimate of drug-likeness (QED) is 0.234. The van der Waals surface area contributed by atoms with Crippen LogP contribution >= 0.6 is 0 Å². The zero-order valence-corrected chi connectivity index (χ0v) is 21.4. The van der Waals surface area contributed by atoms with E-state index in [1.54, 1.807) is 0 Å². The number of fused-ring (bicyclic) bond motifs is 1. The summed E-state index contributed by atoms with van der Waals surface area (Å²) in [4.78, 5) is 4.84. The summed E-state index contributed by atoms with van der Waals surface area (Å²) in [5.41, 5.74) is 10.8. The van der Waals surface area contributed by atoms with Crippen LogP contribution in [-0.2, 0) is 6.42 Å². The van der Waals surface area contributed by atoms with Gasteiger partial charge in [-0.2, -0.15) is 18.1 Å². The fourth-order valence-corrected chi connectivity index (χ4v) is 4.94. The number of benzene rings is 1. The van der Waals surface area contributed by atoms with Gasteiger partial charge < -0.3 is 4.98 Å². The first-order chi connectivity index (χ1) is 16.9. The molecule has 0 aliphatic heterocycles. The van der Waals surface area contributed by atoms with Gasteiger partial charge in [0.25, 0.3) is 0 Å². The van der Waals surface area contributed by atoms with Crippen molar-refractivity contribution in [3.05, 3.63) is 94.7 Å². The summed E-state index contributed by atoms with van der Waals surface area (Å²) in [5.74, 6) is 0.630. The van der Waals surface area contributed by atoms with Gasteiger partial charge in [-0.3, -0.25) is 8.78 Å². The van der Waals surface area contributed by atoms with E-state index in [2.05, 4.69) is 63.8 Å². The highest BCUT2D eigenvalue weighted by molar-refractivity contribution is 5.96. The minimum atomic E-state index is -0.715. The second-order valence-corrected chi connectivity index (χ2v) is 10.5. The van der Waals surface area contributed by atoms with E-state index in [9.17, 15) is 8.78 Å². The summed E-state index contributed by atoms with van der Waals surface area (Å²) in [6.45, 7) is 9.20. The van der Waals surface area contributed by atoms with E-state index in [-0.39, 0.29) is 0 Å². The Labute approximate surface area is 210 Å². The summed E-state index contributed by atoms with van der Waals surface area (Å²) in [5, 5.41) is 0. The molecule has 1 aromatic carbocycles. The van der Waals surface area contributed by atoms with Crippen LogP contribution in [-0.4, -0.2) is 18.3 Å². The molecule has 186 valence electrons. The lowest BCUT2D eigenvalue weighted by Crippen LogP contribution is -2.08. The van der Waals surface area contributed by atoms with Gasteiger partial charge in [-0.25, -0.2) is 0 Å². The Kier molecular flexibility index (Phi) is 8.26. The Morgan fingerprint density at radius 3 is 2.51 bits per heavy atom. The molecular formula is C32H38F2N-. The van der Waals surface area contributed by atoms with E-state index in [1.807, 2.05) is 12.6 Å². The highest BCUT2D eigenvalue weighted by Gasteiger charge is 2.25. The molecule has 1 nitrogen and oxygen atoms in total. The van der Waals surface area contributed by atoms with Crippen LogP contribution in [0.15, 0.2) is 60.3 Å². The van der Waals surface area contributed by atoms with Crippen molar-refractivity contribution in [2.24, 2.45) is 11.8 Å². The molecule has 0 atom stereocenters. The van der Waals surface area contributed by atoms with E-state index < -0.39 is 19.3 Å². The lowest BCUT2D eigenvalue weighted by Gasteiger charge is -2.18. The van der Waals surface area contributed by atoms with Gasteiger partial charge >= 0.3 is 0 Å². The fraction of sp³-hybridized carbons (Fsp3) is 0.438. The van der Waals surface area contributed by atoms with Gasteiger partial charge in [-0.1, -0.05) is 74.9 Å². The van der Waals surface area contributed by atoms with Crippen molar-refractivity contribution in [3.63, 3.8) is 0 Å². The molecule has 35 heavy (non-hydrogen) atoms. The molecular weight excluding hydrogens is 436 g/mol. The molecule has 1 heterocycles. The molecule has 3 heteroatoms. The minimum absolute atomic E-state index is 0.458. The summed E-state index contributed by atoms with van der Waals surface area (Å²) in [6.07, 6.45) is 12.5. The molecule has 0 amide bonds. The van der Waals surface area contributed by atoms with Crippen LogP contribution < -0.4 is 0 Å². The van der Waals surface area contributed by atoms with Crippen molar-refractivity contribution in [3.8, 4) is 0 Å². The third-order valence-corrected chi connectivity index (χ3v) is 7.43. The van der Waals surface area contributed by atoms with Crippen LogP contribution in [0.2, 0.25) is 0 Å². The van der Waals surface area contributed by atoms with Crippen LogP contribution in [0.5, 0.6) is 0 Å². The molecule has 4 rings (SSSR count). The van der Waals surface area contributed by atoms with Gasteiger partial charge in [0.15, 0.2) is 0 Å². The van der Waals surface area contributed by atoms with E-state index in [1.165, 1.54) is 52.7 Å². The summed E-state index contributed by atoms with van der Waals surface area (Å²) >= 11 is 0. The second-order valence-electron chi connectivity index (χ2n) is 10.5. The van der Waals surface area contributed by atoms with Gasteiger partial charge in [0.1, 0.15) is 0 Å². The summed E-state index contributed by atoms with van der Waals surface area (Å²) in [7, 11) is 0. The van der Waals surface area contributed by atoms with Crippen LogP contribution in [0.1, 0.15) is 86.7 Å². The zero-order chi connectivity index (χ0) is 24.9. The molecule has 1 saturated carbocycles. The molecule has 0 saturated heterocycles. The maximum absolute atomic E-state index is 12.9. The first-order valence-electron chi connectivity index (χ1n) is 13.1. The minimum Gasteiger partial charge on any atom is -0.321 e. The largest absolute Gasteiger partial charge is 0.321 e. The summed E-state index contributed by atoms with van der Waals surface area (Å²) < 4.78 is 25.9. The van der Waals surface area contributed by atoms with Crippen molar-refractivity contribution in [2.75, 3.05) is 13.3 Å². The average molecular weight is 475 g/mol. The average Bonchev–Trinajstić information content (AvgIpc) is 3.69. The third kappa shape index (κ3) is 6.12. The molecule has 2 aromatic rings. The lowest BCUT2D eigenvalue weighted by atomic mass is 9.89.